The van der Waals surface area contributed by atoms with Gasteiger partial charge in [-0.25, -0.2) is 0 Å². The van der Waals surface area contributed by atoms with Crippen molar-refractivity contribution in [2.75, 3.05) is 70.3 Å². The molecule has 30 heavy (non-hydrogen) atoms. The minimum absolute atomic E-state index is 0. The molecule has 0 aromatic heterocycles. The maximum Gasteiger partial charge on any atom is 0.219 e. The van der Waals surface area contributed by atoms with Gasteiger partial charge in [0.15, 0.2) is 5.96 Å². The Balaban J connectivity index is 0.00000450. The zero-order valence-corrected chi connectivity index (χ0v) is 21.3. The fourth-order valence-electron chi connectivity index (χ4n) is 3.54. The van der Waals surface area contributed by atoms with Gasteiger partial charge >= 0.3 is 0 Å². The smallest absolute Gasteiger partial charge is 0.219 e. The summed E-state index contributed by atoms with van der Waals surface area (Å²) in [6.45, 7) is 16.8. The Morgan fingerprint density at radius 2 is 1.90 bits per heavy atom. The normalized spacial score (nSPS) is 14.8. The third-order valence-electron chi connectivity index (χ3n) is 5.27. The lowest BCUT2D eigenvalue weighted by Gasteiger charge is -2.33. The Hall–Kier alpha value is -1.55. The van der Waals surface area contributed by atoms with Crippen LogP contribution in [0, 0.1) is 6.92 Å². The minimum atomic E-state index is 0. The SMILES string of the molecule is CCNC(=NCCN1CCN(C(C)=O)CC1)NCCN(CC)c1cccc(C)c1.I. The molecule has 0 aliphatic carbocycles. The number of aliphatic imine (C=N–C) groups is 1. The molecule has 0 saturated carbocycles. The number of nitrogens with one attached hydrogen (secondary N) is 2. The molecule has 2 rings (SSSR count). The third kappa shape index (κ3) is 9.07. The van der Waals surface area contributed by atoms with Gasteiger partial charge in [0, 0.05) is 71.5 Å². The van der Waals surface area contributed by atoms with Crippen LogP contribution in [0.2, 0.25) is 0 Å². The largest absolute Gasteiger partial charge is 0.370 e. The number of hydrogen-bond acceptors (Lipinski definition) is 4. The number of amides is 1. The van der Waals surface area contributed by atoms with E-state index in [-0.39, 0.29) is 29.9 Å². The van der Waals surface area contributed by atoms with Crippen LogP contribution in [0.25, 0.3) is 0 Å². The van der Waals surface area contributed by atoms with Crippen molar-refractivity contribution < 1.29 is 4.79 Å². The molecule has 8 heteroatoms. The molecular formula is C22H39IN6O. The molecule has 1 fully saturated rings. The molecule has 7 nitrogen and oxygen atoms in total. The first-order valence-corrected chi connectivity index (χ1v) is 10.8. The standard InChI is InChI=1S/C22H38N6O.HI/c1-5-23-22(24-10-12-26-14-16-28(17-15-26)20(4)29)25-11-13-27(6-2)21-9-7-8-19(3)18-21;/h7-9,18H,5-6,10-17H2,1-4H3,(H2,23,24,25);1H. The second-order valence-corrected chi connectivity index (χ2v) is 7.45. The summed E-state index contributed by atoms with van der Waals surface area (Å²) in [6.07, 6.45) is 0. The molecule has 1 amide bonds. The fourth-order valence-corrected chi connectivity index (χ4v) is 3.54. The van der Waals surface area contributed by atoms with Crippen molar-refractivity contribution in [1.82, 2.24) is 20.4 Å². The number of halogens is 1. The molecule has 1 aromatic carbocycles. The fraction of sp³-hybridized carbons (Fsp3) is 0.636. The Morgan fingerprint density at radius 3 is 2.50 bits per heavy atom. The number of benzene rings is 1. The quantitative estimate of drug-likeness (QED) is 0.291. The van der Waals surface area contributed by atoms with E-state index in [0.717, 1.165) is 71.4 Å². The summed E-state index contributed by atoms with van der Waals surface area (Å²) < 4.78 is 0. The predicted molar refractivity (Wildman–Crippen MR) is 137 cm³/mol. The number of aryl methyl sites for hydroxylation is 1. The summed E-state index contributed by atoms with van der Waals surface area (Å²) in [4.78, 5) is 22.8. The molecule has 2 N–H and O–H groups in total. The van der Waals surface area contributed by atoms with E-state index in [1.165, 1.54) is 11.3 Å². The maximum absolute atomic E-state index is 11.4. The lowest BCUT2D eigenvalue weighted by atomic mass is 10.2. The van der Waals surface area contributed by atoms with E-state index in [4.69, 9.17) is 4.99 Å². The zero-order valence-electron chi connectivity index (χ0n) is 19.0. The highest BCUT2D eigenvalue weighted by Crippen LogP contribution is 2.14. The third-order valence-corrected chi connectivity index (χ3v) is 5.27. The summed E-state index contributed by atoms with van der Waals surface area (Å²) in [5.41, 5.74) is 2.55. The lowest BCUT2D eigenvalue weighted by Crippen LogP contribution is -2.48. The number of piperazine rings is 1. The van der Waals surface area contributed by atoms with Crippen LogP contribution in [0.4, 0.5) is 5.69 Å². The Labute approximate surface area is 199 Å². The topological polar surface area (TPSA) is 63.2 Å². The molecule has 1 aliphatic rings. The molecule has 0 radical (unpaired) electrons. The number of anilines is 1. The molecule has 1 saturated heterocycles. The van der Waals surface area contributed by atoms with Crippen molar-refractivity contribution in [1.29, 1.82) is 0 Å². The van der Waals surface area contributed by atoms with Gasteiger partial charge in [0.25, 0.3) is 0 Å². The highest BCUT2D eigenvalue weighted by molar-refractivity contribution is 14.0. The summed E-state index contributed by atoms with van der Waals surface area (Å²) >= 11 is 0. The summed E-state index contributed by atoms with van der Waals surface area (Å²) in [6, 6.07) is 8.64. The average molecular weight is 530 g/mol. The molecule has 1 heterocycles. The number of rotatable bonds is 9. The predicted octanol–water partition coefficient (Wildman–Crippen LogP) is 2.16. The second kappa shape index (κ2) is 14.5. The van der Waals surface area contributed by atoms with Gasteiger partial charge in [0.2, 0.25) is 5.91 Å². The van der Waals surface area contributed by atoms with Crippen LogP contribution >= 0.6 is 24.0 Å². The van der Waals surface area contributed by atoms with Crippen molar-refractivity contribution in [2.45, 2.75) is 27.7 Å². The van der Waals surface area contributed by atoms with Crippen molar-refractivity contribution >= 4 is 41.5 Å². The van der Waals surface area contributed by atoms with Gasteiger partial charge in [-0.15, -0.1) is 24.0 Å². The van der Waals surface area contributed by atoms with Crippen LogP contribution in [-0.2, 0) is 4.79 Å². The van der Waals surface area contributed by atoms with Gasteiger partial charge in [0.05, 0.1) is 6.54 Å². The monoisotopic (exact) mass is 530 g/mol. The zero-order chi connectivity index (χ0) is 21.1. The number of carbonyl (C=O) groups excluding carboxylic acids is 1. The van der Waals surface area contributed by atoms with Gasteiger partial charge in [-0.05, 0) is 38.5 Å². The van der Waals surface area contributed by atoms with Gasteiger partial charge in [-0.3, -0.25) is 14.7 Å². The van der Waals surface area contributed by atoms with Crippen LogP contribution in [-0.4, -0.2) is 87.1 Å². The second-order valence-electron chi connectivity index (χ2n) is 7.45. The summed E-state index contributed by atoms with van der Waals surface area (Å²) in [5, 5.41) is 6.79. The minimum Gasteiger partial charge on any atom is -0.370 e. The highest BCUT2D eigenvalue weighted by atomic mass is 127. The van der Waals surface area contributed by atoms with E-state index in [1.807, 2.05) is 4.90 Å². The molecular weight excluding hydrogens is 491 g/mol. The Kier molecular flexibility index (Phi) is 12.8. The van der Waals surface area contributed by atoms with E-state index in [1.54, 1.807) is 6.92 Å². The molecule has 1 aromatic rings. The van der Waals surface area contributed by atoms with E-state index >= 15 is 0 Å². The van der Waals surface area contributed by atoms with Gasteiger partial charge < -0.3 is 20.4 Å². The van der Waals surface area contributed by atoms with Crippen molar-refractivity contribution in [3.63, 3.8) is 0 Å². The molecule has 0 unspecified atom stereocenters. The average Bonchev–Trinajstić information content (AvgIpc) is 2.71. The lowest BCUT2D eigenvalue weighted by molar-refractivity contribution is -0.130. The van der Waals surface area contributed by atoms with Gasteiger partial charge in [-0.2, -0.15) is 0 Å². The van der Waals surface area contributed by atoms with E-state index in [0.29, 0.717) is 0 Å². The van der Waals surface area contributed by atoms with Crippen molar-refractivity contribution in [3.8, 4) is 0 Å². The van der Waals surface area contributed by atoms with Crippen LogP contribution in [0.3, 0.4) is 0 Å². The molecule has 1 aliphatic heterocycles. The Morgan fingerprint density at radius 1 is 1.17 bits per heavy atom. The van der Waals surface area contributed by atoms with Crippen molar-refractivity contribution in [2.24, 2.45) is 4.99 Å². The number of likely N-dealkylation sites (N-methyl/N-ethyl adjacent to an activating group) is 1. The number of guanidine groups is 1. The van der Waals surface area contributed by atoms with Crippen molar-refractivity contribution in [3.05, 3.63) is 29.8 Å². The Bertz CT molecular complexity index is 661. The van der Waals surface area contributed by atoms with Crippen LogP contribution < -0.4 is 15.5 Å². The van der Waals surface area contributed by atoms with E-state index in [9.17, 15) is 4.79 Å². The number of nitrogens with zero attached hydrogens (tertiary/aromatic N) is 4. The van der Waals surface area contributed by atoms with Crippen LogP contribution in [0.5, 0.6) is 0 Å². The highest BCUT2D eigenvalue weighted by Gasteiger charge is 2.17. The number of carbonyl (C=O) groups is 1. The summed E-state index contributed by atoms with van der Waals surface area (Å²) in [5.74, 6) is 1.04. The summed E-state index contributed by atoms with van der Waals surface area (Å²) in [7, 11) is 0. The molecule has 0 bridgehead atoms. The first kappa shape index (κ1) is 26.5. The molecule has 170 valence electrons. The van der Waals surface area contributed by atoms with Crippen LogP contribution in [0.1, 0.15) is 26.3 Å². The molecule has 0 atom stereocenters. The maximum atomic E-state index is 11.4. The first-order chi connectivity index (χ1) is 14.0. The van der Waals surface area contributed by atoms with Gasteiger partial charge in [0.1, 0.15) is 0 Å². The van der Waals surface area contributed by atoms with E-state index in [2.05, 4.69) is 65.5 Å². The molecule has 0 spiro atoms. The van der Waals surface area contributed by atoms with E-state index < -0.39 is 0 Å². The van der Waals surface area contributed by atoms with Crippen LogP contribution in [0.15, 0.2) is 29.3 Å². The number of hydrogen-bond donors (Lipinski definition) is 2. The van der Waals surface area contributed by atoms with Gasteiger partial charge in [-0.1, -0.05) is 12.1 Å². The first-order valence-electron chi connectivity index (χ1n) is 10.8.